The van der Waals surface area contributed by atoms with Gasteiger partial charge in [-0.05, 0) is 45.7 Å². The van der Waals surface area contributed by atoms with E-state index >= 15 is 0 Å². The van der Waals surface area contributed by atoms with Gasteiger partial charge < -0.3 is 5.11 Å². The van der Waals surface area contributed by atoms with Gasteiger partial charge in [-0.1, -0.05) is 17.7 Å². The number of rotatable bonds is 7. The lowest BCUT2D eigenvalue weighted by Crippen LogP contribution is -2.38. The Morgan fingerprint density at radius 3 is 2.38 bits per heavy atom. The van der Waals surface area contributed by atoms with Gasteiger partial charge in [-0.25, -0.2) is 8.42 Å². The largest absolute Gasteiger partial charge is 0.481 e. The van der Waals surface area contributed by atoms with E-state index in [1.54, 1.807) is 32.9 Å². The Kier molecular flexibility index (Phi) is 5.92. The van der Waals surface area contributed by atoms with E-state index in [4.69, 9.17) is 5.11 Å². The summed E-state index contributed by atoms with van der Waals surface area (Å²) in [4.78, 5) is 10.9. The zero-order valence-corrected chi connectivity index (χ0v) is 13.8. The van der Waals surface area contributed by atoms with Crippen LogP contribution in [-0.4, -0.2) is 36.4 Å². The number of nitrogens with zero attached hydrogens (tertiary/aromatic N) is 1. The highest BCUT2D eigenvalue weighted by atomic mass is 32.2. The molecule has 0 spiro atoms. The average Bonchev–Trinajstić information content (AvgIpc) is 2.32. The van der Waals surface area contributed by atoms with Crippen LogP contribution < -0.4 is 0 Å². The van der Waals surface area contributed by atoms with Gasteiger partial charge in [-0.15, -0.1) is 0 Å². The van der Waals surface area contributed by atoms with Gasteiger partial charge in [-0.2, -0.15) is 4.31 Å². The molecule has 1 N–H and O–H groups in total. The number of hydrogen-bond donors (Lipinski definition) is 1. The molecule has 0 unspecified atom stereocenters. The van der Waals surface area contributed by atoms with Crippen molar-refractivity contribution in [1.82, 2.24) is 4.31 Å². The third-order valence-electron chi connectivity index (χ3n) is 3.26. The Hall–Kier alpha value is -1.40. The van der Waals surface area contributed by atoms with Gasteiger partial charge in [0.05, 0.1) is 4.90 Å². The zero-order valence-electron chi connectivity index (χ0n) is 13.0. The van der Waals surface area contributed by atoms with E-state index in [-0.39, 0.29) is 23.9 Å². The molecule has 5 nitrogen and oxygen atoms in total. The SMILES string of the molecule is Cc1ccc(S(=O)(=O)N(CCCC(=O)O)C(C)C)c(C)c1. The van der Waals surface area contributed by atoms with E-state index < -0.39 is 16.0 Å². The maximum atomic E-state index is 12.8. The summed E-state index contributed by atoms with van der Waals surface area (Å²) < 4.78 is 26.9. The zero-order chi connectivity index (χ0) is 16.2. The Bertz CT molecular complexity index is 608. The van der Waals surface area contributed by atoms with E-state index in [0.717, 1.165) is 5.56 Å². The van der Waals surface area contributed by atoms with Crippen molar-refractivity contribution in [1.29, 1.82) is 0 Å². The molecule has 0 saturated carbocycles. The van der Waals surface area contributed by atoms with Crippen molar-refractivity contribution in [2.24, 2.45) is 0 Å². The summed E-state index contributed by atoms with van der Waals surface area (Å²) in [6.45, 7) is 7.48. The topological polar surface area (TPSA) is 74.7 Å². The molecule has 21 heavy (non-hydrogen) atoms. The average molecular weight is 313 g/mol. The molecule has 0 fully saturated rings. The second-order valence-electron chi connectivity index (χ2n) is 5.48. The number of sulfonamides is 1. The van der Waals surface area contributed by atoms with Gasteiger partial charge in [0.2, 0.25) is 10.0 Å². The van der Waals surface area contributed by atoms with Crippen molar-refractivity contribution in [2.75, 3.05) is 6.54 Å². The third-order valence-corrected chi connectivity index (χ3v) is 5.50. The standard InChI is InChI=1S/C15H23NO4S/c1-11(2)16(9-5-6-15(17)18)21(19,20)14-8-7-12(3)10-13(14)4/h7-8,10-11H,5-6,9H2,1-4H3,(H,17,18). The molecule has 1 rings (SSSR count). The normalized spacial score (nSPS) is 12.1. The summed E-state index contributed by atoms with van der Waals surface area (Å²) in [7, 11) is -3.61. The lowest BCUT2D eigenvalue weighted by atomic mass is 10.2. The highest BCUT2D eigenvalue weighted by Crippen LogP contribution is 2.23. The first kappa shape index (κ1) is 17.7. The van der Waals surface area contributed by atoms with Crippen molar-refractivity contribution in [3.05, 3.63) is 29.3 Å². The van der Waals surface area contributed by atoms with Gasteiger partial charge in [0.25, 0.3) is 0 Å². The first-order valence-corrected chi connectivity index (χ1v) is 8.41. The Balaban J connectivity index is 3.07. The number of aliphatic carboxylic acids is 1. The minimum absolute atomic E-state index is 0.0361. The summed E-state index contributed by atoms with van der Waals surface area (Å²) in [5.41, 5.74) is 1.72. The van der Waals surface area contributed by atoms with Crippen LogP contribution in [0.2, 0.25) is 0 Å². The highest BCUT2D eigenvalue weighted by Gasteiger charge is 2.28. The fourth-order valence-corrected chi connectivity index (χ4v) is 4.14. The van der Waals surface area contributed by atoms with Gasteiger partial charge >= 0.3 is 5.97 Å². The first-order chi connectivity index (χ1) is 9.66. The van der Waals surface area contributed by atoms with Crippen molar-refractivity contribution in [3.8, 4) is 0 Å². The van der Waals surface area contributed by atoms with Crippen molar-refractivity contribution < 1.29 is 18.3 Å². The van der Waals surface area contributed by atoms with Gasteiger partial charge in [0.15, 0.2) is 0 Å². The van der Waals surface area contributed by atoms with Crippen LogP contribution in [0.5, 0.6) is 0 Å². The predicted molar refractivity (Wildman–Crippen MR) is 81.8 cm³/mol. The van der Waals surface area contributed by atoms with Crippen LogP contribution in [0.1, 0.15) is 37.8 Å². The summed E-state index contributed by atoms with van der Waals surface area (Å²) >= 11 is 0. The summed E-state index contributed by atoms with van der Waals surface area (Å²) in [5.74, 6) is -0.914. The van der Waals surface area contributed by atoms with Crippen molar-refractivity contribution >= 4 is 16.0 Å². The Labute approximate surface area is 126 Å². The molecular formula is C15H23NO4S. The van der Waals surface area contributed by atoms with E-state index in [9.17, 15) is 13.2 Å². The molecule has 6 heteroatoms. The number of carboxylic acid groups (broad SMARTS) is 1. The molecule has 0 radical (unpaired) electrons. The molecule has 0 aromatic heterocycles. The quantitative estimate of drug-likeness (QED) is 0.839. The van der Waals surface area contributed by atoms with E-state index in [1.165, 1.54) is 4.31 Å². The Morgan fingerprint density at radius 2 is 1.90 bits per heavy atom. The van der Waals surface area contributed by atoms with Gasteiger partial charge in [-0.3, -0.25) is 4.79 Å². The van der Waals surface area contributed by atoms with Gasteiger partial charge in [0.1, 0.15) is 0 Å². The van der Waals surface area contributed by atoms with Crippen LogP contribution >= 0.6 is 0 Å². The van der Waals surface area contributed by atoms with Crippen LogP contribution in [0, 0.1) is 13.8 Å². The molecule has 0 bridgehead atoms. The third kappa shape index (κ3) is 4.54. The van der Waals surface area contributed by atoms with Crippen molar-refractivity contribution in [2.45, 2.75) is 51.5 Å². The molecule has 0 aliphatic carbocycles. The predicted octanol–water partition coefficient (Wildman–Crippen LogP) is 2.57. The lowest BCUT2D eigenvalue weighted by Gasteiger charge is -2.26. The van der Waals surface area contributed by atoms with Crippen LogP contribution in [0.3, 0.4) is 0 Å². The fraction of sp³-hybridized carbons (Fsp3) is 0.533. The number of carboxylic acids is 1. The number of hydrogen-bond acceptors (Lipinski definition) is 3. The monoisotopic (exact) mass is 313 g/mol. The van der Waals surface area contributed by atoms with E-state index in [0.29, 0.717) is 12.0 Å². The summed E-state index contributed by atoms with van der Waals surface area (Å²) in [6, 6.07) is 5.01. The number of benzene rings is 1. The van der Waals surface area contributed by atoms with Crippen LogP contribution in [0.25, 0.3) is 0 Å². The number of aryl methyl sites for hydroxylation is 2. The molecule has 0 amide bonds. The van der Waals surface area contributed by atoms with Crippen LogP contribution in [0.15, 0.2) is 23.1 Å². The molecule has 0 atom stereocenters. The highest BCUT2D eigenvalue weighted by molar-refractivity contribution is 7.89. The molecule has 0 heterocycles. The number of carbonyl (C=O) groups is 1. The smallest absolute Gasteiger partial charge is 0.303 e. The molecular weight excluding hydrogens is 290 g/mol. The first-order valence-electron chi connectivity index (χ1n) is 6.97. The second kappa shape index (κ2) is 7.04. The molecule has 0 aliphatic rings. The maximum absolute atomic E-state index is 12.8. The summed E-state index contributed by atoms with van der Waals surface area (Å²) in [6.07, 6.45) is 0.267. The minimum Gasteiger partial charge on any atom is -0.481 e. The molecule has 0 aliphatic heterocycles. The molecule has 118 valence electrons. The second-order valence-corrected chi connectivity index (χ2v) is 7.33. The molecule has 1 aromatic rings. The lowest BCUT2D eigenvalue weighted by molar-refractivity contribution is -0.137. The minimum atomic E-state index is -3.61. The van der Waals surface area contributed by atoms with E-state index in [1.807, 2.05) is 13.0 Å². The van der Waals surface area contributed by atoms with Gasteiger partial charge in [0, 0.05) is 19.0 Å². The van der Waals surface area contributed by atoms with Crippen LogP contribution in [0.4, 0.5) is 0 Å². The molecule has 1 aromatic carbocycles. The fourth-order valence-electron chi connectivity index (χ4n) is 2.26. The van der Waals surface area contributed by atoms with Crippen LogP contribution in [-0.2, 0) is 14.8 Å². The van der Waals surface area contributed by atoms with Crippen molar-refractivity contribution in [3.63, 3.8) is 0 Å². The Morgan fingerprint density at radius 1 is 1.29 bits per heavy atom. The van der Waals surface area contributed by atoms with E-state index in [2.05, 4.69) is 0 Å². The molecule has 0 saturated heterocycles. The maximum Gasteiger partial charge on any atom is 0.303 e. The summed E-state index contributed by atoms with van der Waals surface area (Å²) in [5, 5.41) is 8.69.